The van der Waals surface area contributed by atoms with Crippen LogP contribution in [0.5, 0.6) is 0 Å². The Morgan fingerprint density at radius 2 is 2.31 bits per heavy atom. The van der Waals surface area contributed by atoms with Gasteiger partial charge in [-0.2, -0.15) is 0 Å². The van der Waals surface area contributed by atoms with E-state index >= 15 is 0 Å². The molecule has 2 rings (SSSR count). The third-order valence-electron chi connectivity index (χ3n) is 2.40. The predicted octanol–water partition coefficient (Wildman–Crippen LogP) is 2.30. The molecule has 0 aromatic heterocycles. The average molecular weight is 195 g/mol. The summed E-state index contributed by atoms with van der Waals surface area (Å²) in [4.78, 5) is 6.51. The van der Waals surface area contributed by atoms with Crippen molar-refractivity contribution in [1.82, 2.24) is 4.90 Å². The molecule has 1 atom stereocenters. The van der Waals surface area contributed by atoms with E-state index in [0.717, 1.165) is 10.7 Å². The molecule has 0 N–H and O–H groups in total. The van der Waals surface area contributed by atoms with Crippen molar-refractivity contribution in [3.05, 3.63) is 35.2 Å². The van der Waals surface area contributed by atoms with E-state index in [1.807, 2.05) is 25.3 Å². The minimum Gasteiger partial charge on any atom is -0.365 e. The van der Waals surface area contributed by atoms with Gasteiger partial charge in [-0.25, -0.2) is 0 Å². The number of fused-ring (bicyclic) bond motifs is 1. The van der Waals surface area contributed by atoms with Crippen LogP contribution in [-0.4, -0.2) is 23.7 Å². The molecule has 0 aromatic carbocycles. The van der Waals surface area contributed by atoms with Gasteiger partial charge in [0.15, 0.2) is 0 Å². The number of nitrogens with zero attached hydrogens (tertiary/aromatic N) is 2. The van der Waals surface area contributed by atoms with Gasteiger partial charge >= 0.3 is 0 Å². The molecule has 0 aromatic rings. The van der Waals surface area contributed by atoms with Crippen molar-refractivity contribution < 1.29 is 0 Å². The second kappa shape index (κ2) is 3.04. The summed E-state index contributed by atoms with van der Waals surface area (Å²) in [5.41, 5.74) is 2.19. The first-order chi connectivity index (χ1) is 6.18. The maximum absolute atomic E-state index is 5.87. The van der Waals surface area contributed by atoms with Gasteiger partial charge in [-0.3, -0.25) is 4.99 Å². The molecule has 0 bridgehead atoms. The average Bonchev–Trinajstić information content (AvgIpc) is 2.12. The molecule has 1 aliphatic carbocycles. The Labute approximate surface area is 82.9 Å². The quantitative estimate of drug-likeness (QED) is 0.578. The Bertz CT molecular complexity index is 350. The molecule has 0 spiro atoms. The van der Waals surface area contributed by atoms with Gasteiger partial charge in [-0.05, 0) is 19.1 Å². The zero-order chi connectivity index (χ0) is 9.42. The summed E-state index contributed by atoms with van der Waals surface area (Å²) < 4.78 is 0. The molecule has 68 valence electrons. The van der Waals surface area contributed by atoms with Crippen molar-refractivity contribution in [2.24, 2.45) is 4.99 Å². The lowest BCUT2D eigenvalue weighted by Crippen LogP contribution is -2.38. The molecule has 0 fully saturated rings. The largest absolute Gasteiger partial charge is 0.365 e. The lowest BCUT2D eigenvalue weighted by atomic mass is 10.0. The van der Waals surface area contributed by atoms with Crippen LogP contribution in [0.1, 0.15) is 6.92 Å². The Balaban J connectivity index is 2.40. The number of hydrogen-bond donors (Lipinski definition) is 0. The van der Waals surface area contributed by atoms with Gasteiger partial charge in [-0.15, -0.1) is 0 Å². The van der Waals surface area contributed by atoms with Crippen molar-refractivity contribution >= 4 is 17.3 Å². The van der Waals surface area contributed by atoms with E-state index in [4.69, 9.17) is 11.6 Å². The Hall–Kier alpha value is -1.02. The third kappa shape index (κ3) is 1.42. The maximum Gasteiger partial charge on any atom is 0.0895 e. The molecule has 1 unspecified atom stereocenters. The van der Waals surface area contributed by atoms with Crippen LogP contribution in [0.15, 0.2) is 40.1 Å². The fraction of sp³-hybridized carbons (Fsp3) is 0.300. The van der Waals surface area contributed by atoms with E-state index in [0.29, 0.717) is 0 Å². The van der Waals surface area contributed by atoms with Crippen LogP contribution < -0.4 is 0 Å². The monoisotopic (exact) mass is 194 g/mol. The van der Waals surface area contributed by atoms with Crippen LogP contribution >= 0.6 is 11.6 Å². The fourth-order valence-corrected chi connectivity index (χ4v) is 1.66. The minimum atomic E-state index is 0.257. The number of rotatable bonds is 0. The van der Waals surface area contributed by atoms with Crippen molar-refractivity contribution in [3.8, 4) is 0 Å². The summed E-state index contributed by atoms with van der Waals surface area (Å²) in [5, 5.41) is 0.747. The van der Waals surface area contributed by atoms with Crippen molar-refractivity contribution in [2.75, 3.05) is 7.05 Å². The molecule has 1 heterocycles. The molecular weight excluding hydrogens is 184 g/mol. The smallest absolute Gasteiger partial charge is 0.0895 e. The van der Waals surface area contributed by atoms with Crippen LogP contribution in [0.3, 0.4) is 0 Å². The summed E-state index contributed by atoms with van der Waals surface area (Å²) in [6.07, 6.45) is 7.76. The highest BCUT2D eigenvalue weighted by Crippen LogP contribution is 2.21. The number of hydrogen-bond acceptors (Lipinski definition) is 2. The van der Waals surface area contributed by atoms with E-state index in [1.54, 1.807) is 0 Å². The molecule has 3 heteroatoms. The molecular formula is C10H11ClN2. The van der Waals surface area contributed by atoms with Gasteiger partial charge in [0.2, 0.25) is 0 Å². The second-order valence-electron chi connectivity index (χ2n) is 3.27. The van der Waals surface area contributed by atoms with Crippen molar-refractivity contribution in [1.29, 1.82) is 0 Å². The SMILES string of the molecule is CC1=CN=C2C=C(Cl)C=CC2N1C. The molecule has 0 saturated heterocycles. The normalized spacial score (nSPS) is 26.2. The van der Waals surface area contributed by atoms with Gasteiger partial charge in [0.1, 0.15) is 0 Å². The predicted molar refractivity (Wildman–Crippen MR) is 55.8 cm³/mol. The zero-order valence-electron chi connectivity index (χ0n) is 7.66. The Kier molecular flexibility index (Phi) is 2.00. The van der Waals surface area contributed by atoms with Crippen molar-refractivity contribution in [3.63, 3.8) is 0 Å². The molecule has 0 amide bonds. The van der Waals surface area contributed by atoms with Crippen LogP contribution in [0, 0.1) is 0 Å². The second-order valence-corrected chi connectivity index (χ2v) is 3.70. The number of halogens is 1. The lowest BCUT2D eigenvalue weighted by molar-refractivity contribution is 0.410. The first-order valence-electron chi connectivity index (χ1n) is 4.21. The van der Waals surface area contributed by atoms with E-state index in [1.165, 1.54) is 5.70 Å². The Morgan fingerprint density at radius 1 is 1.54 bits per heavy atom. The van der Waals surface area contributed by atoms with Crippen LogP contribution in [0.4, 0.5) is 0 Å². The number of likely N-dealkylation sites (N-methyl/N-ethyl adjacent to an activating group) is 1. The highest BCUT2D eigenvalue weighted by Gasteiger charge is 2.22. The van der Waals surface area contributed by atoms with Crippen LogP contribution in [-0.2, 0) is 0 Å². The topological polar surface area (TPSA) is 15.6 Å². The van der Waals surface area contributed by atoms with Gasteiger partial charge in [-0.1, -0.05) is 17.7 Å². The fourth-order valence-electron chi connectivity index (χ4n) is 1.48. The summed E-state index contributed by atoms with van der Waals surface area (Å²) >= 11 is 5.87. The van der Waals surface area contributed by atoms with E-state index in [2.05, 4.69) is 23.0 Å². The number of allylic oxidation sites excluding steroid dienone is 3. The maximum atomic E-state index is 5.87. The molecule has 0 radical (unpaired) electrons. The molecule has 1 aliphatic heterocycles. The highest BCUT2D eigenvalue weighted by molar-refractivity contribution is 6.33. The van der Waals surface area contributed by atoms with Gasteiger partial charge in [0, 0.05) is 24.0 Å². The number of aliphatic imine (C=N–C) groups is 1. The molecule has 2 aliphatic rings. The van der Waals surface area contributed by atoms with Gasteiger partial charge in [0.05, 0.1) is 11.8 Å². The first kappa shape index (κ1) is 8.57. The summed E-state index contributed by atoms with van der Waals surface area (Å²) in [7, 11) is 2.06. The van der Waals surface area contributed by atoms with E-state index < -0.39 is 0 Å². The Morgan fingerprint density at radius 3 is 3.08 bits per heavy atom. The molecule has 13 heavy (non-hydrogen) atoms. The highest BCUT2D eigenvalue weighted by atomic mass is 35.5. The molecule has 2 nitrogen and oxygen atoms in total. The van der Waals surface area contributed by atoms with E-state index in [9.17, 15) is 0 Å². The van der Waals surface area contributed by atoms with Crippen molar-refractivity contribution in [2.45, 2.75) is 13.0 Å². The van der Waals surface area contributed by atoms with Gasteiger partial charge < -0.3 is 4.90 Å². The summed E-state index contributed by atoms with van der Waals surface area (Å²) in [6.45, 7) is 2.05. The summed E-state index contributed by atoms with van der Waals surface area (Å²) in [6, 6.07) is 0.257. The standard InChI is InChI=1S/C10H11ClN2/c1-7-6-12-9-5-8(11)3-4-10(9)13(7)2/h3-6,10H,1-2H3. The zero-order valence-corrected chi connectivity index (χ0v) is 8.42. The third-order valence-corrected chi connectivity index (χ3v) is 2.64. The van der Waals surface area contributed by atoms with Gasteiger partial charge in [0.25, 0.3) is 0 Å². The minimum absolute atomic E-state index is 0.257. The summed E-state index contributed by atoms with van der Waals surface area (Å²) in [5.74, 6) is 0. The van der Waals surface area contributed by atoms with Crippen LogP contribution in [0.25, 0.3) is 0 Å². The first-order valence-corrected chi connectivity index (χ1v) is 4.59. The lowest BCUT2D eigenvalue weighted by Gasteiger charge is -2.32. The van der Waals surface area contributed by atoms with E-state index in [-0.39, 0.29) is 6.04 Å². The van der Waals surface area contributed by atoms with Crippen LogP contribution in [0.2, 0.25) is 0 Å². The molecule has 0 saturated carbocycles.